The fourth-order valence-corrected chi connectivity index (χ4v) is 8.78. The van der Waals surface area contributed by atoms with Gasteiger partial charge < -0.3 is 20.1 Å². The van der Waals surface area contributed by atoms with Crippen molar-refractivity contribution in [2.24, 2.45) is 46.3 Å². The number of aliphatic hydroxyl groups excluding tert-OH is 3. The zero-order chi connectivity index (χ0) is 21.8. The van der Waals surface area contributed by atoms with Crippen LogP contribution in [0.4, 0.5) is 0 Å². The molecule has 5 heteroatoms. The van der Waals surface area contributed by atoms with E-state index in [0.29, 0.717) is 36.0 Å². The second kappa shape index (κ2) is 8.04. The highest BCUT2D eigenvalue weighted by Gasteiger charge is 2.65. The Balaban J connectivity index is 1.58. The zero-order valence-electron chi connectivity index (χ0n) is 19.2. The summed E-state index contributed by atoms with van der Waals surface area (Å²) in [5.74, 6) is 1.81. The lowest BCUT2D eigenvalue weighted by Crippen LogP contribution is -2.62. The number of methoxy groups -OCH3 is 1. The standard InChI is InChI=1S/C25H42O5/c1-14(5-8-22(29)30-4)17-6-7-18-23-19(13-21(28)25(17,18)3)24(2)10-9-16(26)11-15(24)12-20(23)27/h14-21,23,26-28H,5-13H2,1-4H3/t14-,15-,16+,17-,18+,19+,20-,21+,23+,24+,25-/m1/s1. The molecule has 0 bridgehead atoms. The molecule has 30 heavy (non-hydrogen) atoms. The molecule has 5 nitrogen and oxygen atoms in total. The van der Waals surface area contributed by atoms with E-state index in [-0.39, 0.29) is 41.0 Å². The lowest BCUT2D eigenvalue weighted by molar-refractivity contribution is -0.207. The highest BCUT2D eigenvalue weighted by atomic mass is 16.5. The Morgan fingerprint density at radius 1 is 1.07 bits per heavy atom. The topological polar surface area (TPSA) is 87.0 Å². The minimum absolute atomic E-state index is 0.111. The molecule has 0 spiro atoms. The normalized spacial score (nSPS) is 51.4. The van der Waals surface area contributed by atoms with Crippen LogP contribution in [0.1, 0.15) is 78.6 Å². The Hall–Kier alpha value is -0.650. The highest BCUT2D eigenvalue weighted by Crippen LogP contribution is 2.68. The second-order valence-electron chi connectivity index (χ2n) is 11.6. The summed E-state index contributed by atoms with van der Waals surface area (Å²) < 4.78 is 4.83. The Kier molecular flexibility index (Phi) is 6.04. The molecule has 0 aliphatic heterocycles. The van der Waals surface area contributed by atoms with Crippen molar-refractivity contribution in [3.63, 3.8) is 0 Å². The summed E-state index contributed by atoms with van der Waals surface area (Å²) in [6.45, 7) is 6.85. The van der Waals surface area contributed by atoms with E-state index in [4.69, 9.17) is 4.74 Å². The molecule has 0 amide bonds. The van der Waals surface area contributed by atoms with E-state index in [1.165, 1.54) is 7.11 Å². The van der Waals surface area contributed by atoms with E-state index in [2.05, 4.69) is 20.8 Å². The first-order valence-electron chi connectivity index (χ1n) is 12.2. The number of rotatable bonds is 4. The Labute approximate surface area is 181 Å². The van der Waals surface area contributed by atoms with Crippen molar-refractivity contribution < 1.29 is 24.9 Å². The zero-order valence-corrected chi connectivity index (χ0v) is 19.2. The fourth-order valence-electron chi connectivity index (χ4n) is 8.78. The number of carbonyl (C=O) groups is 1. The van der Waals surface area contributed by atoms with Crippen molar-refractivity contribution in [1.82, 2.24) is 0 Å². The first kappa shape index (κ1) is 22.5. The van der Waals surface area contributed by atoms with E-state index in [0.717, 1.165) is 51.4 Å². The number of hydrogen-bond donors (Lipinski definition) is 3. The quantitative estimate of drug-likeness (QED) is 0.603. The average Bonchev–Trinajstić information content (AvgIpc) is 3.06. The van der Waals surface area contributed by atoms with Gasteiger partial charge in [-0.3, -0.25) is 4.79 Å². The number of hydrogen-bond acceptors (Lipinski definition) is 5. The van der Waals surface area contributed by atoms with Crippen LogP contribution in [0.15, 0.2) is 0 Å². The number of esters is 1. The third-order valence-electron chi connectivity index (χ3n) is 10.6. The van der Waals surface area contributed by atoms with Crippen molar-refractivity contribution in [3.05, 3.63) is 0 Å². The lowest BCUT2D eigenvalue weighted by atomic mass is 9.43. The Morgan fingerprint density at radius 3 is 2.50 bits per heavy atom. The summed E-state index contributed by atoms with van der Waals surface area (Å²) in [7, 11) is 1.44. The molecule has 0 aromatic rings. The fraction of sp³-hybridized carbons (Fsp3) is 0.960. The molecular formula is C25H42O5. The maximum Gasteiger partial charge on any atom is 0.305 e. The number of carbonyl (C=O) groups excluding carboxylic acids is 1. The minimum atomic E-state index is -0.369. The van der Waals surface area contributed by atoms with E-state index >= 15 is 0 Å². The minimum Gasteiger partial charge on any atom is -0.469 e. The summed E-state index contributed by atoms with van der Waals surface area (Å²) in [6, 6.07) is 0. The summed E-state index contributed by atoms with van der Waals surface area (Å²) in [5.41, 5.74) is -0.0882. The van der Waals surface area contributed by atoms with E-state index < -0.39 is 0 Å². The predicted molar refractivity (Wildman–Crippen MR) is 114 cm³/mol. The molecule has 0 aromatic carbocycles. The first-order chi connectivity index (χ1) is 14.1. The van der Waals surface area contributed by atoms with Gasteiger partial charge in [-0.05, 0) is 97.7 Å². The smallest absolute Gasteiger partial charge is 0.305 e. The van der Waals surface area contributed by atoms with Crippen LogP contribution in [0.25, 0.3) is 0 Å². The maximum absolute atomic E-state index is 11.7. The highest BCUT2D eigenvalue weighted by molar-refractivity contribution is 5.69. The number of fused-ring (bicyclic) bond motifs is 5. The van der Waals surface area contributed by atoms with Gasteiger partial charge in [-0.15, -0.1) is 0 Å². The molecule has 0 unspecified atom stereocenters. The van der Waals surface area contributed by atoms with Crippen molar-refractivity contribution >= 4 is 5.97 Å². The molecule has 3 N–H and O–H groups in total. The van der Waals surface area contributed by atoms with Crippen LogP contribution in [-0.2, 0) is 9.53 Å². The summed E-state index contributed by atoms with van der Waals surface area (Å²) in [6.07, 6.45) is 6.60. The van der Waals surface area contributed by atoms with Crippen LogP contribution in [0.5, 0.6) is 0 Å². The van der Waals surface area contributed by atoms with Crippen molar-refractivity contribution in [2.45, 2.75) is 96.9 Å². The van der Waals surface area contributed by atoms with Gasteiger partial charge in [-0.25, -0.2) is 0 Å². The maximum atomic E-state index is 11.7. The van der Waals surface area contributed by atoms with Crippen LogP contribution in [0.3, 0.4) is 0 Å². The summed E-state index contributed by atoms with van der Waals surface area (Å²) in [4.78, 5) is 11.7. The molecule has 0 heterocycles. The molecule has 0 radical (unpaired) electrons. The number of ether oxygens (including phenoxy) is 1. The van der Waals surface area contributed by atoms with Crippen LogP contribution in [0, 0.1) is 46.3 Å². The lowest BCUT2D eigenvalue weighted by Gasteiger charge is -2.63. The molecular weight excluding hydrogens is 380 g/mol. The third-order valence-corrected chi connectivity index (χ3v) is 10.6. The first-order valence-corrected chi connectivity index (χ1v) is 12.2. The monoisotopic (exact) mass is 422 g/mol. The molecule has 172 valence electrons. The van der Waals surface area contributed by atoms with Crippen molar-refractivity contribution in [2.75, 3.05) is 7.11 Å². The van der Waals surface area contributed by atoms with Gasteiger partial charge >= 0.3 is 5.97 Å². The number of aliphatic hydroxyl groups is 3. The Morgan fingerprint density at radius 2 is 1.80 bits per heavy atom. The second-order valence-corrected chi connectivity index (χ2v) is 11.6. The van der Waals surface area contributed by atoms with Gasteiger partial charge in [0, 0.05) is 6.42 Å². The summed E-state index contributed by atoms with van der Waals surface area (Å²) in [5, 5.41) is 33.1. The van der Waals surface area contributed by atoms with Gasteiger partial charge in [0.15, 0.2) is 0 Å². The predicted octanol–water partition coefficient (Wildman–Crippen LogP) is 3.54. The average molecular weight is 423 g/mol. The largest absolute Gasteiger partial charge is 0.469 e. The van der Waals surface area contributed by atoms with Gasteiger partial charge in [0.1, 0.15) is 0 Å². The van der Waals surface area contributed by atoms with Gasteiger partial charge in [-0.1, -0.05) is 20.8 Å². The molecule has 4 aliphatic rings. The third kappa shape index (κ3) is 3.34. The SMILES string of the molecule is COC(=O)CC[C@@H](C)[C@H]1CC[C@H]2[C@@H]3[C@H](O)C[C@H]4C[C@@H](O)CC[C@]4(C)[C@H]3C[C@H](O)[C@]12C. The van der Waals surface area contributed by atoms with Crippen LogP contribution in [0.2, 0.25) is 0 Å². The van der Waals surface area contributed by atoms with Crippen molar-refractivity contribution in [3.8, 4) is 0 Å². The van der Waals surface area contributed by atoms with Gasteiger partial charge in [0.2, 0.25) is 0 Å². The molecule has 4 rings (SSSR count). The van der Waals surface area contributed by atoms with Crippen LogP contribution < -0.4 is 0 Å². The van der Waals surface area contributed by atoms with Gasteiger partial charge in [0.05, 0.1) is 25.4 Å². The molecule has 4 saturated carbocycles. The van der Waals surface area contributed by atoms with Crippen LogP contribution >= 0.6 is 0 Å². The molecule has 4 aliphatic carbocycles. The van der Waals surface area contributed by atoms with E-state index in [1.54, 1.807) is 0 Å². The molecule has 4 fully saturated rings. The van der Waals surface area contributed by atoms with Gasteiger partial charge in [-0.2, -0.15) is 0 Å². The molecule has 0 aromatic heterocycles. The van der Waals surface area contributed by atoms with E-state index in [9.17, 15) is 20.1 Å². The van der Waals surface area contributed by atoms with Gasteiger partial charge in [0.25, 0.3) is 0 Å². The molecule has 11 atom stereocenters. The summed E-state index contributed by atoms with van der Waals surface area (Å²) >= 11 is 0. The molecule has 0 saturated heterocycles. The van der Waals surface area contributed by atoms with E-state index in [1.807, 2.05) is 0 Å². The van der Waals surface area contributed by atoms with Crippen LogP contribution in [-0.4, -0.2) is 46.7 Å². The van der Waals surface area contributed by atoms with Crippen molar-refractivity contribution in [1.29, 1.82) is 0 Å². The Bertz CT molecular complexity index is 651.